The fourth-order valence-electron chi connectivity index (χ4n) is 3.12. The van der Waals surface area contributed by atoms with Gasteiger partial charge in [0.25, 0.3) is 0 Å². The van der Waals surface area contributed by atoms with Gasteiger partial charge >= 0.3 is 0 Å². The van der Waals surface area contributed by atoms with Gasteiger partial charge in [0.2, 0.25) is 6.79 Å². The van der Waals surface area contributed by atoms with E-state index < -0.39 is 17.7 Å². The molecule has 1 N–H and O–H groups in total. The molecular weight excluding hydrogens is 370 g/mol. The van der Waals surface area contributed by atoms with Gasteiger partial charge in [0.1, 0.15) is 17.7 Å². The summed E-state index contributed by atoms with van der Waals surface area (Å²) < 4.78 is 38.1. The van der Waals surface area contributed by atoms with Crippen LogP contribution in [0.5, 0.6) is 11.5 Å². The van der Waals surface area contributed by atoms with Crippen LogP contribution in [0.25, 0.3) is 11.1 Å². The van der Waals surface area contributed by atoms with Crippen LogP contribution in [0, 0.1) is 11.6 Å². The molecule has 1 aliphatic heterocycles. The molecule has 0 fully saturated rings. The monoisotopic (exact) mass is 386 g/mol. The number of aliphatic hydroxyl groups is 1. The number of rotatable bonds is 4. The number of hydrogen-bond donors (Lipinski definition) is 1. The van der Waals surface area contributed by atoms with Crippen LogP contribution in [-0.2, 0) is 0 Å². The van der Waals surface area contributed by atoms with Crippen molar-refractivity contribution in [3.63, 3.8) is 0 Å². The summed E-state index contributed by atoms with van der Waals surface area (Å²) in [7, 11) is 0. The molecule has 6 heteroatoms. The Morgan fingerprint density at radius 1 is 0.926 bits per heavy atom. The summed E-state index contributed by atoms with van der Waals surface area (Å²) in [6, 6.07) is 14.3. The predicted molar refractivity (Wildman–Crippen MR) is 100 cm³/mol. The lowest BCUT2D eigenvalue weighted by Gasteiger charge is -2.18. The van der Waals surface area contributed by atoms with E-state index >= 15 is 0 Å². The van der Waals surface area contributed by atoms with E-state index in [4.69, 9.17) is 9.47 Å². The van der Waals surface area contributed by atoms with Crippen LogP contribution in [0.1, 0.15) is 17.2 Å². The van der Waals surface area contributed by atoms with E-state index in [0.717, 1.165) is 28.7 Å². The van der Waals surface area contributed by atoms with Gasteiger partial charge in [-0.1, -0.05) is 12.1 Å². The molecule has 0 saturated heterocycles. The van der Waals surface area contributed by atoms with E-state index in [9.17, 15) is 13.9 Å². The smallest absolute Gasteiger partial charge is 0.231 e. The minimum atomic E-state index is -1.22. The number of aliphatic hydroxyl groups excluding tert-OH is 1. The third-order valence-corrected chi connectivity index (χ3v) is 5.18. The van der Waals surface area contributed by atoms with E-state index in [2.05, 4.69) is 0 Å². The zero-order valence-corrected chi connectivity index (χ0v) is 15.2. The lowest BCUT2D eigenvalue weighted by atomic mass is 9.92. The molecule has 0 aromatic heterocycles. The molecule has 0 amide bonds. The van der Waals surface area contributed by atoms with Crippen molar-refractivity contribution in [2.75, 3.05) is 13.0 Å². The van der Waals surface area contributed by atoms with Crippen molar-refractivity contribution in [1.82, 2.24) is 0 Å². The summed E-state index contributed by atoms with van der Waals surface area (Å²) in [5.74, 6) is -0.419. The van der Waals surface area contributed by atoms with E-state index in [1.165, 1.54) is 0 Å². The zero-order chi connectivity index (χ0) is 19.0. The highest BCUT2D eigenvalue weighted by Crippen LogP contribution is 2.42. The Hall–Kier alpha value is -2.57. The SMILES string of the molecule is CSc1ccc(-c2cc3c(cc2C(O)c2cc(F)cc(F)c2)OCO3)cc1. The minimum absolute atomic E-state index is 0.0916. The van der Waals surface area contributed by atoms with Crippen LogP contribution < -0.4 is 9.47 Å². The van der Waals surface area contributed by atoms with Gasteiger partial charge in [-0.05, 0) is 64.9 Å². The van der Waals surface area contributed by atoms with E-state index in [-0.39, 0.29) is 12.4 Å². The number of fused-ring (bicyclic) bond motifs is 1. The average Bonchev–Trinajstić information content (AvgIpc) is 3.13. The summed E-state index contributed by atoms with van der Waals surface area (Å²) in [5, 5.41) is 10.9. The maximum Gasteiger partial charge on any atom is 0.231 e. The second-order valence-corrected chi connectivity index (χ2v) is 7.01. The first-order valence-corrected chi connectivity index (χ1v) is 9.49. The van der Waals surface area contributed by atoms with Gasteiger partial charge in [-0.3, -0.25) is 0 Å². The summed E-state index contributed by atoms with van der Waals surface area (Å²) in [4.78, 5) is 1.11. The van der Waals surface area contributed by atoms with Crippen LogP contribution in [-0.4, -0.2) is 18.2 Å². The molecule has 3 aromatic carbocycles. The molecule has 4 rings (SSSR count). The second kappa shape index (κ2) is 7.21. The van der Waals surface area contributed by atoms with Crippen LogP contribution >= 0.6 is 11.8 Å². The highest BCUT2D eigenvalue weighted by atomic mass is 32.2. The Labute approximate surface area is 159 Å². The molecule has 1 atom stereocenters. The van der Waals surface area contributed by atoms with E-state index in [1.54, 1.807) is 23.9 Å². The highest BCUT2D eigenvalue weighted by Gasteiger charge is 2.23. The molecule has 1 unspecified atom stereocenters. The van der Waals surface area contributed by atoms with Crippen molar-refractivity contribution in [3.05, 3.63) is 77.4 Å². The van der Waals surface area contributed by atoms with Gasteiger partial charge in [0, 0.05) is 11.0 Å². The van der Waals surface area contributed by atoms with Crippen LogP contribution in [0.4, 0.5) is 8.78 Å². The Bertz CT molecular complexity index is 969. The van der Waals surface area contributed by atoms with E-state index in [0.29, 0.717) is 22.6 Å². The molecule has 0 spiro atoms. The molecular formula is C21H16F2O3S. The molecule has 1 heterocycles. The van der Waals surface area contributed by atoms with Crippen molar-refractivity contribution in [3.8, 4) is 22.6 Å². The van der Waals surface area contributed by atoms with Crippen LogP contribution in [0.3, 0.4) is 0 Å². The summed E-state index contributed by atoms with van der Waals surface area (Å²) in [6.45, 7) is 0.0916. The number of thioether (sulfide) groups is 1. The van der Waals surface area contributed by atoms with Crippen molar-refractivity contribution in [1.29, 1.82) is 0 Å². The van der Waals surface area contributed by atoms with Gasteiger partial charge in [-0.15, -0.1) is 11.8 Å². The lowest BCUT2D eigenvalue weighted by Crippen LogP contribution is -2.03. The molecule has 138 valence electrons. The fourth-order valence-corrected chi connectivity index (χ4v) is 3.53. The van der Waals surface area contributed by atoms with Crippen molar-refractivity contribution in [2.24, 2.45) is 0 Å². The lowest BCUT2D eigenvalue weighted by molar-refractivity contribution is 0.173. The molecule has 1 aliphatic rings. The van der Waals surface area contributed by atoms with Gasteiger partial charge in [0.05, 0.1) is 0 Å². The molecule has 0 aliphatic carbocycles. The minimum Gasteiger partial charge on any atom is -0.454 e. The Morgan fingerprint density at radius 2 is 1.56 bits per heavy atom. The van der Waals surface area contributed by atoms with Gasteiger partial charge < -0.3 is 14.6 Å². The van der Waals surface area contributed by atoms with Crippen molar-refractivity contribution >= 4 is 11.8 Å². The first-order valence-electron chi connectivity index (χ1n) is 8.27. The first kappa shape index (κ1) is 17.8. The zero-order valence-electron chi connectivity index (χ0n) is 14.4. The number of ether oxygens (including phenoxy) is 2. The fraction of sp³-hybridized carbons (Fsp3) is 0.143. The topological polar surface area (TPSA) is 38.7 Å². The van der Waals surface area contributed by atoms with Crippen molar-refractivity contribution in [2.45, 2.75) is 11.0 Å². The number of halogens is 2. The molecule has 0 radical (unpaired) electrons. The summed E-state index contributed by atoms with van der Waals surface area (Å²) >= 11 is 1.63. The number of benzene rings is 3. The second-order valence-electron chi connectivity index (χ2n) is 6.13. The average molecular weight is 386 g/mol. The van der Waals surface area contributed by atoms with Gasteiger partial charge in [-0.25, -0.2) is 8.78 Å². The maximum absolute atomic E-state index is 13.6. The predicted octanol–water partition coefficient (Wildman–Crippen LogP) is 5.16. The molecule has 3 aromatic rings. The summed E-state index contributed by atoms with van der Waals surface area (Å²) in [6.07, 6.45) is 0.767. The third-order valence-electron chi connectivity index (χ3n) is 4.44. The number of hydrogen-bond acceptors (Lipinski definition) is 4. The van der Waals surface area contributed by atoms with E-state index in [1.807, 2.05) is 30.5 Å². The first-order chi connectivity index (χ1) is 13.0. The third kappa shape index (κ3) is 3.50. The standard InChI is InChI=1S/C21H16F2O3S/c1-27-16-4-2-12(3-5-16)17-9-19-20(26-11-25-19)10-18(17)21(24)13-6-14(22)8-15(23)7-13/h2-10,21,24H,11H2,1H3. The Balaban J connectivity index is 1.85. The summed E-state index contributed by atoms with van der Waals surface area (Å²) in [5.41, 5.74) is 2.19. The normalized spacial score (nSPS) is 13.6. The molecule has 3 nitrogen and oxygen atoms in total. The van der Waals surface area contributed by atoms with Crippen LogP contribution in [0.15, 0.2) is 59.5 Å². The Kier molecular flexibility index (Phi) is 4.76. The molecule has 27 heavy (non-hydrogen) atoms. The molecule has 0 bridgehead atoms. The van der Waals surface area contributed by atoms with Gasteiger partial charge in [-0.2, -0.15) is 0 Å². The molecule has 0 saturated carbocycles. The quantitative estimate of drug-likeness (QED) is 0.629. The van der Waals surface area contributed by atoms with Crippen molar-refractivity contribution < 1.29 is 23.4 Å². The largest absolute Gasteiger partial charge is 0.454 e. The van der Waals surface area contributed by atoms with Crippen LogP contribution in [0.2, 0.25) is 0 Å². The Morgan fingerprint density at radius 3 is 2.19 bits per heavy atom. The maximum atomic E-state index is 13.6. The highest BCUT2D eigenvalue weighted by molar-refractivity contribution is 7.98. The van der Waals surface area contributed by atoms with Gasteiger partial charge in [0.15, 0.2) is 11.5 Å².